The molecule has 1 amide bonds. The lowest BCUT2D eigenvalue weighted by Crippen LogP contribution is -2.32. The van der Waals surface area contributed by atoms with Crippen molar-refractivity contribution in [2.45, 2.75) is 13.0 Å². The van der Waals surface area contributed by atoms with Gasteiger partial charge in [0.2, 0.25) is 5.91 Å². The van der Waals surface area contributed by atoms with Gasteiger partial charge in [-0.05, 0) is 25.1 Å². The number of methoxy groups -OCH3 is 1. The summed E-state index contributed by atoms with van der Waals surface area (Å²) in [5, 5.41) is 3.15. The summed E-state index contributed by atoms with van der Waals surface area (Å²) >= 11 is 5.80. The van der Waals surface area contributed by atoms with Gasteiger partial charge in [-0.3, -0.25) is 4.79 Å². The van der Waals surface area contributed by atoms with E-state index in [9.17, 15) is 4.79 Å². The molecule has 1 aromatic rings. The molecule has 6 heteroatoms. The van der Waals surface area contributed by atoms with Crippen molar-refractivity contribution in [3.8, 4) is 5.75 Å². The number of ether oxygens (including phenoxy) is 1. The molecule has 1 rings (SSSR count). The Kier molecular flexibility index (Phi) is 6.18. The van der Waals surface area contributed by atoms with Crippen LogP contribution in [-0.2, 0) is 4.79 Å². The number of halogens is 2. The lowest BCUT2D eigenvalue weighted by atomic mass is 10.2. The van der Waals surface area contributed by atoms with Gasteiger partial charge in [0.15, 0.2) is 0 Å². The van der Waals surface area contributed by atoms with Gasteiger partial charge in [0, 0.05) is 5.02 Å². The number of rotatable bonds is 3. The molecule has 0 unspecified atom stereocenters. The topological polar surface area (TPSA) is 64.3 Å². The second-order valence-electron chi connectivity index (χ2n) is 3.12. The van der Waals surface area contributed by atoms with Crippen LogP contribution in [0.25, 0.3) is 0 Å². The van der Waals surface area contributed by atoms with Gasteiger partial charge in [0.1, 0.15) is 5.75 Å². The highest BCUT2D eigenvalue weighted by Gasteiger charge is 2.11. The maximum atomic E-state index is 11.4. The maximum absolute atomic E-state index is 11.4. The Bertz CT molecular complexity index is 370. The van der Waals surface area contributed by atoms with E-state index in [0.29, 0.717) is 16.5 Å². The average Bonchev–Trinajstić information content (AvgIpc) is 2.18. The molecule has 1 atom stereocenters. The SMILES string of the molecule is COc1ccc(Cl)cc1NC(=O)[C@H](C)N.Cl. The van der Waals surface area contributed by atoms with Crippen molar-refractivity contribution < 1.29 is 9.53 Å². The first kappa shape index (κ1) is 15.0. The number of hydrogen-bond acceptors (Lipinski definition) is 3. The monoisotopic (exact) mass is 264 g/mol. The molecule has 0 saturated carbocycles. The van der Waals surface area contributed by atoms with Crippen molar-refractivity contribution in [1.29, 1.82) is 0 Å². The lowest BCUT2D eigenvalue weighted by molar-refractivity contribution is -0.117. The van der Waals surface area contributed by atoms with Crippen LogP contribution in [0, 0.1) is 0 Å². The summed E-state index contributed by atoms with van der Waals surface area (Å²) in [6.45, 7) is 1.60. The van der Waals surface area contributed by atoms with Crippen molar-refractivity contribution in [2.24, 2.45) is 5.73 Å². The smallest absolute Gasteiger partial charge is 0.241 e. The van der Waals surface area contributed by atoms with Gasteiger partial charge in [0.25, 0.3) is 0 Å². The summed E-state index contributed by atoms with van der Waals surface area (Å²) < 4.78 is 5.07. The van der Waals surface area contributed by atoms with Gasteiger partial charge in [-0.2, -0.15) is 0 Å². The molecule has 0 fully saturated rings. The Hall–Kier alpha value is -0.970. The van der Waals surface area contributed by atoms with Crippen molar-refractivity contribution in [2.75, 3.05) is 12.4 Å². The minimum Gasteiger partial charge on any atom is -0.495 e. The summed E-state index contributed by atoms with van der Waals surface area (Å²) in [5.41, 5.74) is 5.95. The summed E-state index contributed by atoms with van der Waals surface area (Å²) in [7, 11) is 1.52. The first-order valence-electron chi connectivity index (χ1n) is 4.44. The fourth-order valence-corrected chi connectivity index (χ4v) is 1.20. The van der Waals surface area contributed by atoms with E-state index in [1.807, 2.05) is 0 Å². The van der Waals surface area contributed by atoms with Crippen molar-refractivity contribution in [1.82, 2.24) is 0 Å². The summed E-state index contributed by atoms with van der Waals surface area (Å²) in [6, 6.07) is 4.40. The molecular formula is C10H14Cl2N2O2. The minimum atomic E-state index is -0.575. The second-order valence-corrected chi connectivity index (χ2v) is 3.56. The number of anilines is 1. The van der Waals surface area contributed by atoms with Crippen molar-refractivity contribution in [3.63, 3.8) is 0 Å². The molecule has 90 valence electrons. The van der Waals surface area contributed by atoms with E-state index < -0.39 is 6.04 Å². The summed E-state index contributed by atoms with van der Waals surface area (Å²) in [4.78, 5) is 11.4. The van der Waals surface area contributed by atoms with Gasteiger partial charge in [-0.1, -0.05) is 11.6 Å². The third-order valence-corrected chi connectivity index (χ3v) is 2.07. The molecular weight excluding hydrogens is 251 g/mol. The Morgan fingerprint density at radius 3 is 2.69 bits per heavy atom. The average molecular weight is 265 g/mol. The number of benzene rings is 1. The molecule has 16 heavy (non-hydrogen) atoms. The molecule has 0 bridgehead atoms. The van der Waals surface area contributed by atoms with E-state index in [1.54, 1.807) is 25.1 Å². The summed E-state index contributed by atoms with van der Waals surface area (Å²) in [6.07, 6.45) is 0. The molecule has 0 aliphatic carbocycles. The largest absolute Gasteiger partial charge is 0.495 e. The van der Waals surface area contributed by atoms with Gasteiger partial charge in [-0.25, -0.2) is 0 Å². The van der Waals surface area contributed by atoms with Crippen molar-refractivity contribution >= 4 is 35.6 Å². The normalized spacial score (nSPS) is 11.2. The highest BCUT2D eigenvalue weighted by atomic mass is 35.5. The number of nitrogens with two attached hydrogens (primary N) is 1. The first-order valence-corrected chi connectivity index (χ1v) is 4.82. The minimum absolute atomic E-state index is 0. The van der Waals surface area contributed by atoms with E-state index in [1.165, 1.54) is 7.11 Å². The quantitative estimate of drug-likeness (QED) is 0.879. The van der Waals surface area contributed by atoms with E-state index >= 15 is 0 Å². The van der Waals surface area contributed by atoms with Gasteiger partial charge in [0.05, 0.1) is 18.8 Å². The number of amides is 1. The highest BCUT2D eigenvalue weighted by molar-refractivity contribution is 6.31. The molecule has 3 N–H and O–H groups in total. The van der Waals surface area contributed by atoms with Crippen LogP contribution in [0.1, 0.15) is 6.92 Å². The Morgan fingerprint density at radius 2 is 2.19 bits per heavy atom. The molecule has 0 aromatic heterocycles. The Morgan fingerprint density at radius 1 is 1.56 bits per heavy atom. The maximum Gasteiger partial charge on any atom is 0.241 e. The van der Waals surface area contributed by atoms with Crippen LogP contribution in [-0.4, -0.2) is 19.1 Å². The second kappa shape index (κ2) is 6.58. The predicted octanol–water partition coefficient (Wildman–Crippen LogP) is 2.06. The molecule has 0 aliphatic heterocycles. The van der Waals surface area contributed by atoms with Crippen LogP contribution >= 0.6 is 24.0 Å². The standard InChI is InChI=1S/C10H13ClN2O2.ClH/c1-6(12)10(14)13-8-5-7(11)3-4-9(8)15-2;/h3-6H,12H2,1-2H3,(H,13,14);1H/t6-;/m0./s1. The molecule has 0 heterocycles. The van der Waals surface area contributed by atoms with E-state index in [-0.39, 0.29) is 18.3 Å². The molecule has 4 nitrogen and oxygen atoms in total. The number of carbonyl (C=O) groups is 1. The lowest BCUT2D eigenvalue weighted by Gasteiger charge is -2.11. The van der Waals surface area contributed by atoms with E-state index in [0.717, 1.165) is 0 Å². The van der Waals surface area contributed by atoms with Crippen LogP contribution in [0.3, 0.4) is 0 Å². The Labute approximate surface area is 106 Å². The third-order valence-electron chi connectivity index (χ3n) is 1.83. The Balaban J connectivity index is 0.00000225. The molecule has 0 saturated heterocycles. The van der Waals surface area contributed by atoms with Crippen LogP contribution in [0.2, 0.25) is 5.02 Å². The van der Waals surface area contributed by atoms with Gasteiger partial charge >= 0.3 is 0 Å². The van der Waals surface area contributed by atoms with Gasteiger partial charge in [-0.15, -0.1) is 12.4 Å². The fourth-order valence-electron chi connectivity index (χ4n) is 1.02. The number of carbonyl (C=O) groups excluding carboxylic acids is 1. The molecule has 0 radical (unpaired) electrons. The predicted molar refractivity (Wildman–Crippen MR) is 67.5 cm³/mol. The van der Waals surface area contributed by atoms with Crippen LogP contribution in [0.5, 0.6) is 5.75 Å². The highest BCUT2D eigenvalue weighted by Crippen LogP contribution is 2.27. The van der Waals surface area contributed by atoms with Crippen LogP contribution in [0.4, 0.5) is 5.69 Å². The molecule has 0 aliphatic rings. The number of nitrogens with one attached hydrogen (secondary N) is 1. The van der Waals surface area contributed by atoms with E-state index in [2.05, 4.69) is 5.32 Å². The fraction of sp³-hybridized carbons (Fsp3) is 0.300. The van der Waals surface area contributed by atoms with Crippen LogP contribution < -0.4 is 15.8 Å². The zero-order valence-electron chi connectivity index (χ0n) is 8.99. The van der Waals surface area contributed by atoms with Crippen LogP contribution in [0.15, 0.2) is 18.2 Å². The zero-order valence-corrected chi connectivity index (χ0v) is 10.6. The number of hydrogen-bond donors (Lipinski definition) is 2. The first-order chi connectivity index (χ1) is 7.04. The van der Waals surface area contributed by atoms with Crippen molar-refractivity contribution in [3.05, 3.63) is 23.2 Å². The third kappa shape index (κ3) is 3.89. The molecule has 0 spiro atoms. The summed E-state index contributed by atoms with van der Waals surface area (Å²) in [5.74, 6) is 0.268. The zero-order chi connectivity index (χ0) is 11.4. The molecule has 1 aromatic carbocycles. The van der Waals surface area contributed by atoms with Gasteiger partial charge < -0.3 is 15.8 Å². The van der Waals surface area contributed by atoms with E-state index in [4.69, 9.17) is 22.1 Å².